The molecular formula is C16H17BrN2OS. The summed E-state index contributed by atoms with van der Waals surface area (Å²) in [7, 11) is 1.83. The Morgan fingerprint density at radius 1 is 1.33 bits per heavy atom. The molecule has 2 N–H and O–H groups in total. The van der Waals surface area contributed by atoms with Gasteiger partial charge < -0.3 is 10.6 Å². The van der Waals surface area contributed by atoms with Crippen molar-refractivity contribution < 1.29 is 4.79 Å². The molecule has 0 radical (unpaired) electrons. The smallest absolute Gasteiger partial charge is 0.227 e. The van der Waals surface area contributed by atoms with E-state index in [0.29, 0.717) is 6.42 Å². The fraction of sp³-hybridized carbons (Fsp3) is 0.312. The molecule has 0 saturated carbocycles. The molecule has 0 aliphatic carbocycles. The summed E-state index contributed by atoms with van der Waals surface area (Å²) in [5, 5.41) is 0. The van der Waals surface area contributed by atoms with E-state index >= 15 is 0 Å². The standard InChI is InChI=1S/C16H17BrN2OS/c1-9-7-13(21-16(9)17)15(18)11-3-5-12-10(8-11)4-6-14(20)19(12)2/h3,5,7-8,15H,4,6,18H2,1-2H3. The molecule has 1 aromatic heterocycles. The van der Waals surface area contributed by atoms with Crippen LogP contribution in [0.2, 0.25) is 0 Å². The van der Waals surface area contributed by atoms with Gasteiger partial charge in [-0.05, 0) is 58.1 Å². The highest BCUT2D eigenvalue weighted by atomic mass is 79.9. The lowest BCUT2D eigenvalue weighted by Gasteiger charge is -2.26. The second-order valence-corrected chi connectivity index (χ2v) is 7.83. The maximum atomic E-state index is 11.7. The van der Waals surface area contributed by atoms with E-state index in [1.165, 1.54) is 11.1 Å². The molecule has 0 spiro atoms. The molecule has 5 heteroatoms. The molecule has 110 valence electrons. The number of carbonyl (C=O) groups excluding carboxylic acids is 1. The van der Waals surface area contributed by atoms with E-state index < -0.39 is 0 Å². The summed E-state index contributed by atoms with van der Waals surface area (Å²) < 4.78 is 1.14. The van der Waals surface area contributed by atoms with E-state index in [2.05, 4.69) is 35.0 Å². The van der Waals surface area contributed by atoms with Crippen LogP contribution in [0.3, 0.4) is 0 Å². The molecular weight excluding hydrogens is 348 g/mol. The maximum absolute atomic E-state index is 11.7. The summed E-state index contributed by atoms with van der Waals surface area (Å²) in [6.45, 7) is 2.07. The molecule has 0 bridgehead atoms. The average Bonchev–Trinajstić information content (AvgIpc) is 2.81. The molecule has 1 unspecified atom stereocenters. The van der Waals surface area contributed by atoms with Gasteiger partial charge in [0.05, 0.1) is 9.83 Å². The number of thiophene rings is 1. The maximum Gasteiger partial charge on any atom is 0.227 e. The van der Waals surface area contributed by atoms with Crippen LogP contribution in [0.15, 0.2) is 28.1 Å². The van der Waals surface area contributed by atoms with Crippen molar-refractivity contribution in [2.75, 3.05) is 11.9 Å². The number of fused-ring (bicyclic) bond motifs is 1. The van der Waals surface area contributed by atoms with Crippen molar-refractivity contribution in [3.63, 3.8) is 0 Å². The van der Waals surface area contributed by atoms with Gasteiger partial charge in [0.2, 0.25) is 5.91 Å². The third kappa shape index (κ3) is 2.65. The van der Waals surface area contributed by atoms with Crippen molar-refractivity contribution in [3.8, 4) is 0 Å². The summed E-state index contributed by atoms with van der Waals surface area (Å²) in [6.07, 6.45) is 1.37. The van der Waals surface area contributed by atoms with Gasteiger partial charge >= 0.3 is 0 Å². The highest BCUT2D eigenvalue weighted by molar-refractivity contribution is 9.11. The van der Waals surface area contributed by atoms with E-state index in [4.69, 9.17) is 5.73 Å². The van der Waals surface area contributed by atoms with Crippen LogP contribution in [-0.4, -0.2) is 13.0 Å². The van der Waals surface area contributed by atoms with Crippen LogP contribution in [-0.2, 0) is 11.2 Å². The first-order valence-corrected chi connectivity index (χ1v) is 8.49. The van der Waals surface area contributed by atoms with Crippen LogP contribution >= 0.6 is 27.3 Å². The van der Waals surface area contributed by atoms with Crippen molar-refractivity contribution >= 4 is 38.9 Å². The normalized spacial score (nSPS) is 16.0. The zero-order valence-corrected chi connectivity index (χ0v) is 14.4. The summed E-state index contributed by atoms with van der Waals surface area (Å²) in [5.41, 5.74) is 10.9. The first-order valence-electron chi connectivity index (χ1n) is 6.88. The minimum atomic E-state index is -0.117. The minimum Gasteiger partial charge on any atom is -0.320 e. The van der Waals surface area contributed by atoms with Gasteiger partial charge in [-0.3, -0.25) is 4.79 Å². The number of nitrogens with zero attached hydrogens (tertiary/aromatic N) is 1. The van der Waals surface area contributed by atoms with Gasteiger partial charge in [0, 0.05) is 24.0 Å². The second kappa shape index (κ2) is 5.55. The molecule has 21 heavy (non-hydrogen) atoms. The fourth-order valence-electron chi connectivity index (χ4n) is 2.67. The molecule has 1 aromatic carbocycles. The van der Waals surface area contributed by atoms with Crippen molar-refractivity contribution in [2.24, 2.45) is 5.73 Å². The average molecular weight is 365 g/mol. The number of hydrogen-bond donors (Lipinski definition) is 1. The predicted octanol–water partition coefficient (Wildman–Crippen LogP) is 3.78. The minimum absolute atomic E-state index is 0.117. The van der Waals surface area contributed by atoms with Crippen LogP contribution in [0.5, 0.6) is 0 Å². The predicted molar refractivity (Wildman–Crippen MR) is 91.0 cm³/mol. The number of benzene rings is 1. The first-order chi connectivity index (χ1) is 9.97. The Kier molecular flexibility index (Phi) is 3.90. The zero-order valence-electron chi connectivity index (χ0n) is 12.0. The number of anilines is 1. The van der Waals surface area contributed by atoms with Crippen LogP contribution in [0.25, 0.3) is 0 Å². The number of hydrogen-bond acceptors (Lipinski definition) is 3. The van der Waals surface area contributed by atoms with Gasteiger partial charge in [0.25, 0.3) is 0 Å². The number of rotatable bonds is 2. The molecule has 3 rings (SSSR count). The Morgan fingerprint density at radius 3 is 2.76 bits per heavy atom. The van der Waals surface area contributed by atoms with Crippen molar-refractivity contribution in [2.45, 2.75) is 25.8 Å². The van der Waals surface area contributed by atoms with Gasteiger partial charge in [0.1, 0.15) is 0 Å². The molecule has 2 heterocycles. The van der Waals surface area contributed by atoms with E-state index in [1.807, 2.05) is 19.2 Å². The number of nitrogens with two attached hydrogens (primary N) is 1. The number of halogens is 1. The Morgan fingerprint density at radius 2 is 2.10 bits per heavy atom. The van der Waals surface area contributed by atoms with E-state index in [1.54, 1.807) is 16.2 Å². The molecule has 3 nitrogen and oxygen atoms in total. The summed E-state index contributed by atoms with van der Waals surface area (Å²) in [4.78, 5) is 14.6. The largest absolute Gasteiger partial charge is 0.320 e. The Bertz CT molecular complexity index is 691. The molecule has 1 atom stereocenters. The summed E-state index contributed by atoms with van der Waals surface area (Å²) >= 11 is 5.23. The van der Waals surface area contributed by atoms with Gasteiger partial charge in [0.15, 0.2) is 0 Å². The lowest BCUT2D eigenvalue weighted by atomic mass is 9.96. The van der Waals surface area contributed by atoms with Gasteiger partial charge in [-0.15, -0.1) is 11.3 Å². The Balaban J connectivity index is 1.95. The van der Waals surface area contributed by atoms with E-state index in [-0.39, 0.29) is 11.9 Å². The SMILES string of the molecule is Cc1cc(C(N)c2ccc3c(c2)CCC(=O)N3C)sc1Br. The van der Waals surface area contributed by atoms with Crippen LogP contribution in [0, 0.1) is 6.92 Å². The number of aryl methyl sites for hydroxylation is 2. The quantitative estimate of drug-likeness (QED) is 0.881. The van der Waals surface area contributed by atoms with Gasteiger partial charge in [-0.25, -0.2) is 0 Å². The number of carbonyl (C=O) groups is 1. The summed E-state index contributed by atoms with van der Waals surface area (Å²) in [6, 6.07) is 8.20. The van der Waals surface area contributed by atoms with Gasteiger partial charge in [-0.1, -0.05) is 12.1 Å². The van der Waals surface area contributed by atoms with Crippen LogP contribution in [0.1, 0.15) is 34.0 Å². The first kappa shape index (κ1) is 14.8. The third-order valence-electron chi connectivity index (χ3n) is 3.99. The topological polar surface area (TPSA) is 46.3 Å². The molecule has 1 aliphatic rings. The van der Waals surface area contributed by atoms with E-state index in [0.717, 1.165) is 26.3 Å². The van der Waals surface area contributed by atoms with Gasteiger partial charge in [-0.2, -0.15) is 0 Å². The molecule has 1 aliphatic heterocycles. The highest BCUT2D eigenvalue weighted by Crippen LogP contribution is 2.35. The molecule has 2 aromatic rings. The highest BCUT2D eigenvalue weighted by Gasteiger charge is 2.22. The monoisotopic (exact) mass is 364 g/mol. The molecule has 0 saturated heterocycles. The van der Waals surface area contributed by atoms with Crippen LogP contribution < -0.4 is 10.6 Å². The second-order valence-electron chi connectivity index (χ2n) is 5.42. The Labute approximate surface area is 136 Å². The number of amides is 1. The van der Waals surface area contributed by atoms with E-state index in [9.17, 15) is 4.79 Å². The zero-order chi connectivity index (χ0) is 15.1. The molecule has 1 amide bonds. The fourth-order valence-corrected chi connectivity index (χ4v) is 4.27. The van der Waals surface area contributed by atoms with Crippen LogP contribution in [0.4, 0.5) is 5.69 Å². The third-order valence-corrected chi connectivity index (χ3v) is 6.21. The summed E-state index contributed by atoms with van der Waals surface area (Å²) in [5.74, 6) is 0.178. The van der Waals surface area contributed by atoms with Crippen molar-refractivity contribution in [1.82, 2.24) is 0 Å². The molecule has 0 fully saturated rings. The van der Waals surface area contributed by atoms with Crippen molar-refractivity contribution in [3.05, 3.63) is 49.6 Å². The van der Waals surface area contributed by atoms with Crippen molar-refractivity contribution in [1.29, 1.82) is 0 Å². The lowest BCUT2D eigenvalue weighted by Crippen LogP contribution is -2.31. The Hall–Kier alpha value is -1.17. The lowest BCUT2D eigenvalue weighted by molar-refractivity contribution is -0.118.